The zero-order valence-corrected chi connectivity index (χ0v) is 12.8. The van der Waals surface area contributed by atoms with Crippen LogP contribution in [0.3, 0.4) is 0 Å². The average Bonchev–Trinajstić information content (AvgIpc) is 2.34. The van der Waals surface area contributed by atoms with Gasteiger partial charge in [0.1, 0.15) is 0 Å². The molecule has 3 nitrogen and oxygen atoms in total. The molecule has 0 spiro atoms. The summed E-state index contributed by atoms with van der Waals surface area (Å²) in [7, 11) is 4.34. The lowest BCUT2D eigenvalue weighted by Gasteiger charge is -2.36. The van der Waals surface area contributed by atoms with Gasteiger partial charge in [0.05, 0.1) is 0 Å². The molecule has 1 unspecified atom stereocenters. The molecule has 0 aromatic heterocycles. The van der Waals surface area contributed by atoms with Gasteiger partial charge >= 0.3 is 0 Å². The third-order valence-corrected chi connectivity index (χ3v) is 4.40. The van der Waals surface area contributed by atoms with Crippen molar-refractivity contribution in [1.82, 2.24) is 9.80 Å². The van der Waals surface area contributed by atoms with E-state index in [9.17, 15) is 0 Å². The Morgan fingerprint density at radius 2 is 2.22 bits per heavy atom. The molecule has 0 saturated carbocycles. The second-order valence-corrected chi connectivity index (χ2v) is 6.20. The summed E-state index contributed by atoms with van der Waals surface area (Å²) in [4.78, 5) is 4.86. The molecule has 1 heterocycles. The minimum Gasteiger partial charge on any atom is -0.398 e. The number of rotatable bonds is 3. The van der Waals surface area contributed by atoms with Crippen LogP contribution in [-0.2, 0) is 6.54 Å². The van der Waals surface area contributed by atoms with Gasteiger partial charge in [0.15, 0.2) is 0 Å². The van der Waals surface area contributed by atoms with Crippen LogP contribution < -0.4 is 5.73 Å². The number of benzene rings is 1. The number of anilines is 1. The summed E-state index contributed by atoms with van der Waals surface area (Å²) in [6.45, 7) is 3.35. The minimum absolute atomic E-state index is 0.687. The molecule has 2 rings (SSSR count). The first-order valence-corrected chi connectivity index (χ1v) is 7.28. The van der Waals surface area contributed by atoms with Gasteiger partial charge in [0.25, 0.3) is 0 Å². The summed E-state index contributed by atoms with van der Waals surface area (Å²) < 4.78 is 0.982. The molecular formula is C14H22BrN3. The maximum absolute atomic E-state index is 5.93. The molecule has 0 radical (unpaired) electrons. The molecule has 1 saturated heterocycles. The van der Waals surface area contributed by atoms with Gasteiger partial charge < -0.3 is 10.6 Å². The Labute approximate surface area is 118 Å². The summed E-state index contributed by atoms with van der Waals surface area (Å²) in [6.07, 6.45) is 2.60. The predicted octanol–water partition coefficient (Wildman–Crippen LogP) is 2.56. The smallest absolute Gasteiger partial charge is 0.0461 e. The summed E-state index contributed by atoms with van der Waals surface area (Å²) in [6, 6.07) is 6.95. The van der Waals surface area contributed by atoms with E-state index in [0.717, 1.165) is 23.2 Å². The standard InChI is InChI=1S/C14H22BrN3/c1-17(2)12-4-3-7-18(10-12)9-11-5-6-13(15)14(16)8-11/h5-6,8,12H,3-4,7,9-10,16H2,1-2H3. The molecule has 1 aliphatic rings. The Balaban J connectivity index is 1.98. The van der Waals surface area contributed by atoms with Gasteiger partial charge in [-0.1, -0.05) is 6.07 Å². The molecule has 1 aromatic rings. The van der Waals surface area contributed by atoms with E-state index in [4.69, 9.17) is 5.73 Å². The lowest BCUT2D eigenvalue weighted by molar-refractivity contribution is 0.128. The highest BCUT2D eigenvalue weighted by molar-refractivity contribution is 9.10. The van der Waals surface area contributed by atoms with Gasteiger partial charge in [-0.05, 0) is 67.1 Å². The van der Waals surface area contributed by atoms with Crippen molar-refractivity contribution >= 4 is 21.6 Å². The largest absolute Gasteiger partial charge is 0.398 e. The highest BCUT2D eigenvalue weighted by Gasteiger charge is 2.21. The van der Waals surface area contributed by atoms with Crippen LogP contribution in [-0.4, -0.2) is 43.0 Å². The Bertz CT molecular complexity index is 406. The van der Waals surface area contributed by atoms with Gasteiger partial charge in [-0.2, -0.15) is 0 Å². The molecule has 1 aliphatic heterocycles. The second-order valence-electron chi connectivity index (χ2n) is 5.35. The van der Waals surface area contributed by atoms with Crippen LogP contribution in [0.2, 0.25) is 0 Å². The fraction of sp³-hybridized carbons (Fsp3) is 0.571. The third kappa shape index (κ3) is 3.46. The van der Waals surface area contributed by atoms with Crippen molar-refractivity contribution in [2.75, 3.05) is 32.9 Å². The van der Waals surface area contributed by atoms with Crippen LogP contribution in [0.5, 0.6) is 0 Å². The molecule has 1 fully saturated rings. The van der Waals surface area contributed by atoms with E-state index in [2.05, 4.69) is 52.0 Å². The molecule has 4 heteroatoms. The highest BCUT2D eigenvalue weighted by atomic mass is 79.9. The van der Waals surface area contributed by atoms with E-state index in [1.165, 1.54) is 24.9 Å². The van der Waals surface area contributed by atoms with Crippen molar-refractivity contribution in [3.05, 3.63) is 28.2 Å². The van der Waals surface area contributed by atoms with Gasteiger partial charge in [-0.15, -0.1) is 0 Å². The van der Waals surface area contributed by atoms with Crippen molar-refractivity contribution < 1.29 is 0 Å². The molecular weight excluding hydrogens is 290 g/mol. The van der Waals surface area contributed by atoms with E-state index in [-0.39, 0.29) is 0 Å². The molecule has 0 aliphatic carbocycles. The summed E-state index contributed by atoms with van der Waals surface area (Å²) in [5, 5.41) is 0. The van der Waals surface area contributed by atoms with Crippen LogP contribution in [0, 0.1) is 0 Å². The summed E-state index contributed by atoms with van der Waals surface area (Å²) in [5.41, 5.74) is 8.06. The maximum atomic E-state index is 5.93. The Kier molecular flexibility index (Phi) is 4.65. The van der Waals surface area contributed by atoms with Crippen molar-refractivity contribution in [1.29, 1.82) is 0 Å². The SMILES string of the molecule is CN(C)C1CCCN(Cc2ccc(Br)c(N)c2)C1. The molecule has 18 heavy (non-hydrogen) atoms. The van der Waals surface area contributed by atoms with Crippen molar-refractivity contribution in [3.63, 3.8) is 0 Å². The number of halogens is 1. The molecule has 0 bridgehead atoms. The number of hydrogen-bond donors (Lipinski definition) is 1. The molecule has 1 aromatic carbocycles. The van der Waals surface area contributed by atoms with E-state index < -0.39 is 0 Å². The van der Waals surface area contributed by atoms with Crippen LogP contribution in [0.4, 0.5) is 5.69 Å². The average molecular weight is 312 g/mol. The minimum atomic E-state index is 0.687. The first-order chi connectivity index (χ1) is 8.56. The lowest BCUT2D eigenvalue weighted by Crippen LogP contribution is -2.44. The molecule has 100 valence electrons. The van der Waals surface area contributed by atoms with Crippen molar-refractivity contribution in [2.45, 2.75) is 25.4 Å². The predicted molar refractivity (Wildman–Crippen MR) is 80.5 cm³/mol. The fourth-order valence-electron chi connectivity index (χ4n) is 2.55. The summed E-state index contributed by atoms with van der Waals surface area (Å²) in [5.74, 6) is 0. The number of nitrogens with two attached hydrogens (primary N) is 1. The first-order valence-electron chi connectivity index (χ1n) is 6.49. The number of hydrogen-bond acceptors (Lipinski definition) is 3. The van der Waals surface area contributed by atoms with Crippen LogP contribution in [0.15, 0.2) is 22.7 Å². The van der Waals surface area contributed by atoms with Gasteiger partial charge in [-0.25, -0.2) is 0 Å². The van der Waals surface area contributed by atoms with E-state index in [1.807, 2.05) is 6.07 Å². The Morgan fingerprint density at radius 3 is 2.89 bits per heavy atom. The molecule has 2 N–H and O–H groups in total. The topological polar surface area (TPSA) is 32.5 Å². The molecule has 0 amide bonds. The van der Waals surface area contributed by atoms with Crippen LogP contribution >= 0.6 is 15.9 Å². The van der Waals surface area contributed by atoms with Crippen LogP contribution in [0.25, 0.3) is 0 Å². The second kappa shape index (κ2) is 6.04. The maximum Gasteiger partial charge on any atom is 0.0461 e. The van der Waals surface area contributed by atoms with Crippen molar-refractivity contribution in [2.24, 2.45) is 0 Å². The number of piperidine rings is 1. The van der Waals surface area contributed by atoms with E-state index in [1.54, 1.807) is 0 Å². The third-order valence-electron chi connectivity index (χ3n) is 3.68. The zero-order valence-electron chi connectivity index (χ0n) is 11.2. The van der Waals surface area contributed by atoms with Gasteiger partial charge in [0.2, 0.25) is 0 Å². The number of likely N-dealkylation sites (N-methyl/N-ethyl adjacent to an activating group) is 1. The van der Waals surface area contributed by atoms with Crippen molar-refractivity contribution in [3.8, 4) is 0 Å². The Hall–Kier alpha value is -0.580. The van der Waals surface area contributed by atoms with Crippen LogP contribution in [0.1, 0.15) is 18.4 Å². The highest BCUT2D eigenvalue weighted by Crippen LogP contribution is 2.22. The lowest BCUT2D eigenvalue weighted by atomic mass is 10.0. The normalized spacial score (nSPS) is 21.4. The number of nitrogens with zero attached hydrogens (tertiary/aromatic N) is 2. The Morgan fingerprint density at radius 1 is 1.44 bits per heavy atom. The monoisotopic (exact) mass is 311 g/mol. The zero-order chi connectivity index (χ0) is 13.1. The summed E-state index contributed by atoms with van der Waals surface area (Å²) >= 11 is 3.44. The molecule has 1 atom stereocenters. The van der Waals surface area contributed by atoms with Gasteiger partial charge in [-0.3, -0.25) is 4.90 Å². The number of nitrogen functional groups attached to an aromatic ring is 1. The van der Waals surface area contributed by atoms with E-state index >= 15 is 0 Å². The van der Waals surface area contributed by atoms with E-state index in [0.29, 0.717) is 6.04 Å². The van der Waals surface area contributed by atoms with Gasteiger partial charge in [0, 0.05) is 29.3 Å². The quantitative estimate of drug-likeness (QED) is 0.871. The fourth-order valence-corrected chi connectivity index (χ4v) is 2.79. The first kappa shape index (κ1) is 13.8. The number of likely N-dealkylation sites (tertiary alicyclic amines) is 1.